The Morgan fingerprint density at radius 3 is 2.45 bits per heavy atom. The van der Waals surface area contributed by atoms with Gasteiger partial charge in [-0.05, 0) is 35.2 Å². The number of hydrogen-bond donors (Lipinski definition) is 1. The largest absolute Gasteiger partial charge is 0.320 e. The van der Waals surface area contributed by atoms with Crippen molar-refractivity contribution < 1.29 is 4.92 Å². The summed E-state index contributed by atoms with van der Waals surface area (Å²) in [6, 6.07) is 11.6. The number of non-ortho nitro benzene ring substituents is 1. The third-order valence-corrected chi connectivity index (χ3v) is 3.54. The summed E-state index contributed by atoms with van der Waals surface area (Å²) in [4.78, 5) is 10.5. The molecule has 5 heteroatoms. The minimum Gasteiger partial charge on any atom is -0.320 e. The highest BCUT2D eigenvalue weighted by molar-refractivity contribution is 6.30. The molecule has 0 bridgehead atoms. The van der Waals surface area contributed by atoms with Crippen molar-refractivity contribution in [3.63, 3.8) is 0 Å². The first-order valence-corrected chi connectivity index (χ1v) is 6.69. The molecule has 4 nitrogen and oxygen atoms in total. The van der Waals surface area contributed by atoms with E-state index in [-0.39, 0.29) is 5.69 Å². The Morgan fingerprint density at radius 1 is 1.25 bits per heavy atom. The monoisotopic (exact) mass is 290 g/mol. The van der Waals surface area contributed by atoms with Crippen LogP contribution in [0.15, 0.2) is 42.5 Å². The molecule has 2 rings (SSSR count). The first-order chi connectivity index (χ1) is 9.52. The molecule has 1 unspecified atom stereocenters. The van der Waals surface area contributed by atoms with Crippen molar-refractivity contribution >= 4 is 17.3 Å². The van der Waals surface area contributed by atoms with E-state index in [0.29, 0.717) is 5.02 Å². The Hall–Kier alpha value is -1.91. The number of hydrogen-bond acceptors (Lipinski definition) is 3. The number of benzene rings is 2. The molecule has 0 radical (unpaired) electrons. The highest BCUT2D eigenvalue weighted by Gasteiger charge is 2.16. The second-order valence-electron chi connectivity index (χ2n) is 4.52. The average molecular weight is 291 g/mol. The van der Waals surface area contributed by atoms with Gasteiger partial charge in [-0.15, -0.1) is 0 Å². The quantitative estimate of drug-likeness (QED) is 0.686. The number of aryl methyl sites for hydroxylation is 1. The van der Waals surface area contributed by atoms with Crippen molar-refractivity contribution in [1.29, 1.82) is 0 Å². The van der Waals surface area contributed by atoms with Crippen molar-refractivity contribution in [1.82, 2.24) is 0 Å². The molecule has 0 saturated carbocycles. The zero-order valence-electron chi connectivity index (χ0n) is 11.0. The first kappa shape index (κ1) is 14.5. The van der Waals surface area contributed by atoms with E-state index in [1.807, 2.05) is 19.1 Å². The van der Waals surface area contributed by atoms with E-state index in [1.165, 1.54) is 6.07 Å². The number of rotatable bonds is 4. The smallest absolute Gasteiger partial charge is 0.269 e. The van der Waals surface area contributed by atoms with Crippen molar-refractivity contribution in [2.75, 3.05) is 0 Å². The second kappa shape index (κ2) is 6.03. The summed E-state index contributed by atoms with van der Waals surface area (Å²) in [7, 11) is 0. The van der Waals surface area contributed by atoms with Crippen molar-refractivity contribution in [3.05, 3.63) is 74.3 Å². The Balaban J connectivity index is 2.46. The second-order valence-corrected chi connectivity index (χ2v) is 4.96. The first-order valence-electron chi connectivity index (χ1n) is 6.31. The lowest BCUT2D eigenvalue weighted by molar-refractivity contribution is -0.384. The summed E-state index contributed by atoms with van der Waals surface area (Å²) in [6.45, 7) is 2.00. The van der Waals surface area contributed by atoms with Gasteiger partial charge in [0.2, 0.25) is 0 Å². The summed E-state index contributed by atoms with van der Waals surface area (Å²) >= 11 is 5.86. The van der Waals surface area contributed by atoms with Crippen LogP contribution in [0, 0.1) is 10.1 Å². The maximum atomic E-state index is 10.9. The topological polar surface area (TPSA) is 69.2 Å². The molecule has 0 aliphatic carbocycles. The van der Waals surface area contributed by atoms with Crippen LogP contribution >= 0.6 is 11.6 Å². The van der Waals surface area contributed by atoms with Gasteiger partial charge in [0.15, 0.2) is 0 Å². The molecule has 2 aromatic rings. The fourth-order valence-corrected chi connectivity index (χ4v) is 2.28. The fraction of sp³-hybridized carbons (Fsp3) is 0.200. The van der Waals surface area contributed by atoms with Gasteiger partial charge in [0.25, 0.3) is 5.69 Å². The van der Waals surface area contributed by atoms with Crippen molar-refractivity contribution in [3.8, 4) is 0 Å². The summed E-state index contributed by atoms with van der Waals surface area (Å²) in [6.07, 6.45) is 0.772. The van der Waals surface area contributed by atoms with Crippen LogP contribution in [0.25, 0.3) is 0 Å². The van der Waals surface area contributed by atoms with Gasteiger partial charge in [-0.1, -0.05) is 36.7 Å². The highest BCUT2D eigenvalue weighted by atomic mass is 35.5. The van der Waals surface area contributed by atoms with Gasteiger partial charge in [-0.25, -0.2) is 0 Å². The lowest BCUT2D eigenvalue weighted by atomic mass is 9.93. The molecular formula is C15H15ClN2O2. The molecule has 0 aliphatic heterocycles. The van der Waals surface area contributed by atoms with Gasteiger partial charge in [-0.3, -0.25) is 10.1 Å². The SMILES string of the molecule is CCc1ccc([N+](=O)[O-])cc1C(N)c1ccc(Cl)cc1. The molecule has 0 heterocycles. The summed E-state index contributed by atoms with van der Waals surface area (Å²) in [5.74, 6) is 0. The van der Waals surface area contributed by atoms with Crippen molar-refractivity contribution in [2.45, 2.75) is 19.4 Å². The third kappa shape index (κ3) is 2.98. The third-order valence-electron chi connectivity index (χ3n) is 3.29. The minimum atomic E-state index is -0.405. The van der Waals surface area contributed by atoms with Crippen LogP contribution < -0.4 is 5.73 Å². The number of nitrogens with two attached hydrogens (primary N) is 1. The molecular weight excluding hydrogens is 276 g/mol. The molecule has 0 aromatic heterocycles. The van der Waals surface area contributed by atoms with Gasteiger partial charge in [0.1, 0.15) is 0 Å². The number of halogens is 1. The number of nitro benzene ring substituents is 1. The zero-order valence-corrected chi connectivity index (χ0v) is 11.8. The van der Waals surface area contributed by atoms with E-state index in [4.69, 9.17) is 17.3 Å². The van der Waals surface area contributed by atoms with E-state index in [0.717, 1.165) is 23.1 Å². The molecule has 2 N–H and O–H groups in total. The molecule has 0 spiro atoms. The minimum absolute atomic E-state index is 0.0570. The normalized spacial score (nSPS) is 12.2. The van der Waals surface area contributed by atoms with Crippen LogP contribution in [-0.4, -0.2) is 4.92 Å². The molecule has 104 valence electrons. The van der Waals surface area contributed by atoms with Crippen LogP contribution in [0.5, 0.6) is 0 Å². The average Bonchev–Trinajstić information content (AvgIpc) is 2.46. The van der Waals surface area contributed by atoms with Crippen molar-refractivity contribution in [2.24, 2.45) is 5.73 Å². The van der Waals surface area contributed by atoms with Gasteiger partial charge < -0.3 is 5.73 Å². The van der Waals surface area contributed by atoms with E-state index < -0.39 is 11.0 Å². The molecule has 1 atom stereocenters. The van der Waals surface area contributed by atoms with Gasteiger partial charge in [0.05, 0.1) is 11.0 Å². The fourth-order valence-electron chi connectivity index (χ4n) is 2.16. The van der Waals surface area contributed by atoms with Gasteiger partial charge in [-0.2, -0.15) is 0 Å². The Kier molecular flexibility index (Phi) is 4.37. The summed E-state index contributed by atoms with van der Waals surface area (Å²) in [5, 5.41) is 11.5. The number of nitro groups is 1. The van der Waals surface area contributed by atoms with E-state index in [1.54, 1.807) is 24.3 Å². The maximum Gasteiger partial charge on any atom is 0.269 e. The summed E-state index contributed by atoms with van der Waals surface area (Å²) in [5.41, 5.74) is 8.98. The Bertz CT molecular complexity index is 626. The number of nitrogens with zero attached hydrogens (tertiary/aromatic N) is 1. The highest BCUT2D eigenvalue weighted by Crippen LogP contribution is 2.28. The van der Waals surface area contributed by atoms with Gasteiger partial charge in [0, 0.05) is 17.2 Å². The van der Waals surface area contributed by atoms with Gasteiger partial charge >= 0.3 is 0 Å². The predicted octanol–water partition coefficient (Wildman–Crippen LogP) is 3.86. The van der Waals surface area contributed by atoms with Crippen LogP contribution in [0.2, 0.25) is 5.02 Å². The van der Waals surface area contributed by atoms with E-state index in [9.17, 15) is 10.1 Å². The Labute approximate surface area is 122 Å². The summed E-state index contributed by atoms with van der Waals surface area (Å²) < 4.78 is 0. The van der Waals surface area contributed by atoms with Crippen LogP contribution in [0.4, 0.5) is 5.69 Å². The molecule has 0 amide bonds. The lowest BCUT2D eigenvalue weighted by Crippen LogP contribution is -2.14. The standard InChI is InChI=1S/C15H15ClN2O2/c1-2-10-5-8-13(18(19)20)9-14(10)15(17)11-3-6-12(16)7-4-11/h3-9,15H,2,17H2,1H3. The van der Waals surface area contributed by atoms with Crippen LogP contribution in [0.1, 0.15) is 29.7 Å². The molecule has 0 aliphatic rings. The Morgan fingerprint density at radius 2 is 1.90 bits per heavy atom. The zero-order chi connectivity index (χ0) is 14.7. The molecule has 0 fully saturated rings. The molecule has 2 aromatic carbocycles. The molecule has 0 saturated heterocycles. The van der Waals surface area contributed by atoms with E-state index >= 15 is 0 Å². The van der Waals surface area contributed by atoms with Crippen LogP contribution in [-0.2, 0) is 6.42 Å². The molecule has 20 heavy (non-hydrogen) atoms. The maximum absolute atomic E-state index is 10.9. The van der Waals surface area contributed by atoms with E-state index in [2.05, 4.69) is 0 Å². The lowest BCUT2D eigenvalue weighted by Gasteiger charge is -2.16. The predicted molar refractivity (Wildman–Crippen MR) is 80.0 cm³/mol. The van der Waals surface area contributed by atoms with Crippen LogP contribution in [0.3, 0.4) is 0 Å².